The normalized spacial score (nSPS) is 14.7. The fourth-order valence-corrected chi connectivity index (χ4v) is 3.93. The van der Waals surface area contributed by atoms with Crippen LogP contribution in [0.25, 0.3) is 0 Å². The van der Waals surface area contributed by atoms with Gasteiger partial charge in [0, 0.05) is 30.1 Å². The van der Waals surface area contributed by atoms with E-state index < -0.39 is 6.04 Å². The molecule has 0 unspecified atom stereocenters. The van der Waals surface area contributed by atoms with E-state index >= 15 is 0 Å². The predicted molar refractivity (Wildman–Crippen MR) is 90.5 cm³/mol. The average Bonchev–Trinajstić information content (AvgIpc) is 3.20. The van der Waals surface area contributed by atoms with E-state index in [0.717, 1.165) is 23.5 Å². The Morgan fingerprint density at radius 1 is 1.38 bits per heavy atom. The number of imidazole rings is 1. The van der Waals surface area contributed by atoms with Crippen LogP contribution < -0.4 is 10.6 Å². The largest absolute Gasteiger partial charge is 0.348 e. The number of carbonyl (C=O) groups excluding carboxylic acids is 2. The van der Waals surface area contributed by atoms with E-state index in [1.54, 1.807) is 23.9 Å². The summed E-state index contributed by atoms with van der Waals surface area (Å²) >= 11 is 1.68. The Balaban J connectivity index is 1.60. The number of H-pyrrole nitrogens is 1. The Kier molecular flexibility index (Phi) is 5.24. The summed E-state index contributed by atoms with van der Waals surface area (Å²) in [6.07, 6.45) is 8.12. The molecule has 0 radical (unpaired) electrons. The van der Waals surface area contributed by atoms with E-state index in [2.05, 4.69) is 25.6 Å². The van der Waals surface area contributed by atoms with Crippen LogP contribution in [0.1, 0.15) is 41.0 Å². The van der Waals surface area contributed by atoms with Crippen molar-refractivity contribution in [2.24, 2.45) is 0 Å². The highest BCUT2D eigenvalue weighted by Crippen LogP contribution is 2.26. The number of fused-ring (bicyclic) bond motifs is 1. The van der Waals surface area contributed by atoms with E-state index in [1.165, 1.54) is 30.3 Å². The Bertz CT molecular complexity index is 687. The molecule has 0 bridgehead atoms. The van der Waals surface area contributed by atoms with Gasteiger partial charge in [-0.15, -0.1) is 11.3 Å². The summed E-state index contributed by atoms with van der Waals surface area (Å²) in [5, 5.41) is 6.50. The van der Waals surface area contributed by atoms with Crippen molar-refractivity contribution >= 4 is 23.2 Å². The number of aromatic amines is 1. The Hall–Kier alpha value is -2.22. The zero-order chi connectivity index (χ0) is 16.9. The molecule has 2 amide bonds. The first-order chi connectivity index (χ1) is 11.6. The molecule has 128 valence electrons. The van der Waals surface area contributed by atoms with E-state index in [-0.39, 0.29) is 11.8 Å². The SMILES string of the molecule is CC(=O)N[C@@H](Cc1cnc[nH]1)C(=O)NCc1nc2c(s1)CCCC2. The molecule has 2 aromatic rings. The lowest BCUT2D eigenvalue weighted by molar-refractivity contribution is -0.128. The van der Waals surface area contributed by atoms with Crippen LogP contribution in [-0.2, 0) is 35.4 Å². The number of thiazole rings is 1. The summed E-state index contributed by atoms with van der Waals surface area (Å²) in [6, 6.07) is -0.627. The summed E-state index contributed by atoms with van der Waals surface area (Å²) in [5.74, 6) is -0.452. The van der Waals surface area contributed by atoms with Gasteiger partial charge in [0.2, 0.25) is 11.8 Å². The van der Waals surface area contributed by atoms with E-state index in [1.807, 2.05) is 0 Å². The second-order valence-corrected chi connectivity index (χ2v) is 7.10. The molecule has 8 heteroatoms. The number of rotatable bonds is 6. The zero-order valence-electron chi connectivity index (χ0n) is 13.6. The maximum atomic E-state index is 12.4. The van der Waals surface area contributed by atoms with Crippen LogP contribution in [0.15, 0.2) is 12.5 Å². The summed E-state index contributed by atoms with van der Waals surface area (Å²) in [6.45, 7) is 1.80. The number of nitrogens with zero attached hydrogens (tertiary/aromatic N) is 2. The Morgan fingerprint density at radius 2 is 2.21 bits per heavy atom. The standard InChI is InChI=1S/C16H21N5O2S/c1-10(22)20-13(6-11-7-17-9-19-11)16(23)18-8-15-21-12-4-2-3-5-14(12)24-15/h7,9,13H,2-6,8H2,1H3,(H,17,19)(H,18,23)(H,20,22)/t13-/m0/s1. The van der Waals surface area contributed by atoms with Crippen LogP contribution in [0.4, 0.5) is 0 Å². The van der Waals surface area contributed by atoms with Crippen molar-refractivity contribution in [3.05, 3.63) is 33.8 Å². The van der Waals surface area contributed by atoms with Gasteiger partial charge in [-0.25, -0.2) is 9.97 Å². The van der Waals surface area contributed by atoms with Gasteiger partial charge in [-0.2, -0.15) is 0 Å². The van der Waals surface area contributed by atoms with Crippen molar-refractivity contribution in [3.8, 4) is 0 Å². The van der Waals surface area contributed by atoms with Crippen molar-refractivity contribution < 1.29 is 9.59 Å². The van der Waals surface area contributed by atoms with Gasteiger partial charge in [0.15, 0.2) is 0 Å². The first-order valence-electron chi connectivity index (χ1n) is 8.11. The van der Waals surface area contributed by atoms with Crippen molar-refractivity contribution in [2.75, 3.05) is 0 Å². The number of nitrogens with one attached hydrogen (secondary N) is 3. The lowest BCUT2D eigenvalue weighted by Gasteiger charge is -2.16. The van der Waals surface area contributed by atoms with Gasteiger partial charge in [-0.05, 0) is 25.7 Å². The molecule has 1 atom stereocenters. The molecular formula is C16H21N5O2S. The summed E-state index contributed by atoms with van der Waals surface area (Å²) < 4.78 is 0. The molecule has 2 aromatic heterocycles. The third kappa shape index (κ3) is 4.19. The van der Waals surface area contributed by atoms with Gasteiger partial charge in [0.25, 0.3) is 0 Å². The van der Waals surface area contributed by atoms with E-state index in [9.17, 15) is 9.59 Å². The van der Waals surface area contributed by atoms with Gasteiger partial charge in [0.05, 0.1) is 18.6 Å². The number of aryl methyl sites for hydroxylation is 2. The Labute approximate surface area is 144 Å². The summed E-state index contributed by atoms with van der Waals surface area (Å²) in [5.41, 5.74) is 1.99. The molecule has 0 spiro atoms. The molecule has 1 aliphatic rings. The second kappa shape index (κ2) is 7.57. The second-order valence-electron chi connectivity index (χ2n) is 5.94. The number of aromatic nitrogens is 3. The van der Waals surface area contributed by atoms with Crippen LogP contribution >= 0.6 is 11.3 Å². The van der Waals surface area contributed by atoms with Crippen LogP contribution in [0.2, 0.25) is 0 Å². The topological polar surface area (TPSA) is 99.8 Å². The van der Waals surface area contributed by atoms with Crippen LogP contribution in [-0.4, -0.2) is 32.8 Å². The maximum absolute atomic E-state index is 12.4. The lowest BCUT2D eigenvalue weighted by Crippen LogP contribution is -2.47. The van der Waals surface area contributed by atoms with Crippen LogP contribution in [0.3, 0.4) is 0 Å². The number of amides is 2. The highest BCUT2D eigenvalue weighted by molar-refractivity contribution is 7.11. The van der Waals surface area contributed by atoms with Crippen LogP contribution in [0.5, 0.6) is 0 Å². The number of carbonyl (C=O) groups is 2. The van der Waals surface area contributed by atoms with E-state index in [4.69, 9.17) is 0 Å². The average molecular weight is 347 g/mol. The van der Waals surface area contributed by atoms with Gasteiger partial charge in [0.1, 0.15) is 11.0 Å². The molecule has 0 aromatic carbocycles. The monoisotopic (exact) mass is 347 g/mol. The van der Waals surface area contributed by atoms with Gasteiger partial charge in [-0.1, -0.05) is 0 Å². The third-order valence-corrected chi connectivity index (χ3v) is 5.13. The molecule has 7 nitrogen and oxygen atoms in total. The van der Waals surface area contributed by atoms with Crippen LogP contribution in [0, 0.1) is 0 Å². The molecule has 3 rings (SSSR count). The minimum atomic E-state index is -0.627. The smallest absolute Gasteiger partial charge is 0.243 e. The van der Waals surface area contributed by atoms with Crippen molar-refractivity contribution in [1.82, 2.24) is 25.6 Å². The zero-order valence-corrected chi connectivity index (χ0v) is 14.4. The predicted octanol–water partition coefficient (Wildman–Crippen LogP) is 1.11. The van der Waals surface area contributed by atoms with Gasteiger partial charge in [-0.3, -0.25) is 9.59 Å². The third-order valence-electron chi connectivity index (χ3n) is 3.98. The first kappa shape index (κ1) is 16.6. The summed E-state index contributed by atoms with van der Waals surface area (Å²) in [4.78, 5) is 36.7. The van der Waals surface area contributed by atoms with Gasteiger partial charge < -0.3 is 15.6 Å². The highest BCUT2D eigenvalue weighted by Gasteiger charge is 2.21. The lowest BCUT2D eigenvalue weighted by atomic mass is 10.0. The molecule has 24 heavy (non-hydrogen) atoms. The van der Waals surface area contributed by atoms with Crippen molar-refractivity contribution in [2.45, 2.75) is 51.6 Å². The van der Waals surface area contributed by atoms with Crippen molar-refractivity contribution in [1.29, 1.82) is 0 Å². The Morgan fingerprint density at radius 3 is 2.92 bits per heavy atom. The number of hydrogen-bond donors (Lipinski definition) is 3. The quantitative estimate of drug-likeness (QED) is 0.729. The molecule has 0 fully saturated rings. The minimum absolute atomic E-state index is 0.215. The molecule has 0 saturated heterocycles. The molecule has 0 saturated carbocycles. The fraction of sp³-hybridized carbons (Fsp3) is 0.500. The number of hydrogen-bond acceptors (Lipinski definition) is 5. The molecule has 3 N–H and O–H groups in total. The molecule has 2 heterocycles. The molecular weight excluding hydrogens is 326 g/mol. The summed E-state index contributed by atoms with van der Waals surface area (Å²) in [7, 11) is 0. The van der Waals surface area contributed by atoms with Gasteiger partial charge >= 0.3 is 0 Å². The highest BCUT2D eigenvalue weighted by atomic mass is 32.1. The van der Waals surface area contributed by atoms with E-state index in [0.29, 0.717) is 13.0 Å². The fourth-order valence-electron chi connectivity index (χ4n) is 2.84. The minimum Gasteiger partial charge on any atom is -0.348 e. The molecule has 0 aliphatic heterocycles. The maximum Gasteiger partial charge on any atom is 0.243 e. The van der Waals surface area contributed by atoms with Crippen molar-refractivity contribution in [3.63, 3.8) is 0 Å². The molecule has 1 aliphatic carbocycles. The first-order valence-corrected chi connectivity index (χ1v) is 8.93.